The standard InChI is InChI=1S/C20H27N3O4/c1-27-17(24)19(8-4-9-19)20(26)10-13-22(14-20)11-5-12-23-16-7-3-2-6-15(16)21-18(23)25/h2-3,6-7,26H,4-5,8-14H2,1H3,(H,21,25). The zero-order valence-electron chi connectivity index (χ0n) is 15.7. The molecule has 0 amide bonds. The molecule has 1 saturated heterocycles. The number of ether oxygens (including phenoxy) is 1. The number of carbonyl (C=O) groups excluding carboxylic acids is 1. The van der Waals surface area contributed by atoms with Gasteiger partial charge < -0.3 is 19.7 Å². The van der Waals surface area contributed by atoms with Crippen molar-refractivity contribution < 1.29 is 14.6 Å². The Kier molecular flexibility index (Phi) is 4.60. The highest BCUT2D eigenvalue weighted by molar-refractivity contribution is 5.79. The van der Waals surface area contributed by atoms with Crippen LogP contribution in [-0.4, -0.2) is 57.9 Å². The van der Waals surface area contributed by atoms with E-state index in [0.717, 1.165) is 37.0 Å². The summed E-state index contributed by atoms with van der Waals surface area (Å²) >= 11 is 0. The molecule has 7 heteroatoms. The van der Waals surface area contributed by atoms with E-state index in [2.05, 4.69) is 9.88 Å². The van der Waals surface area contributed by atoms with Crippen molar-refractivity contribution in [1.29, 1.82) is 0 Å². The molecule has 7 nitrogen and oxygen atoms in total. The molecule has 2 aromatic rings. The van der Waals surface area contributed by atoms with E-state index >= 15 is 0 Å². The maximum Gasteiger partial charge on any atom is 0.326 e. The first-order valence-electron chi connectivity index (χ1n) is 9.70. The second kappa shape index (κ2) is 6.80. The molecule has 0 radical (unpaired) electrons. The minimum atomic E-state index is -1.00. The molecule has 1 saturated carbocycles. The third-order valence-corrected chi connectivity index (χ3v) is 6.54. The van der Waals surface area contributed by atoms with Gasteiger partial charge in [-0.3, -0.25) is 9.36 Å². The van der Waals surface area contributed by atoms with Crippen LogP contribution in [-0.2, 0) is 16.1 Å². The van der Waals surface area contributed by atoms with Crippen LogP contribution >= 0.6 is 0 Å². The first-order valence-corrected chi connectivity index (χ1v) is 9.70. The van der Waals surface area contributed by atoms with Crippen molar-refractivity contribution in [2.45, 2.75) is 44.2 Å². The normalized spacial score (nSPS) is 24.8. The number of H-pyrrole nitrogens is 1. The number of esters is 1. The number of hydrogen-bond donors (Lipinski definition) is 2. The lowest BCUT2D eigenvalue weighted by atomic mass is 9.58. The van der Waals surface area contributed by atoms with E-state index in [1.165, 1.54) is 7.11 Å². The largest absolute Gasteiger partial charge is 0.469 e. The van der Waals surface area contributed by atoms with Crippen LogP contribution in [0.4, 0.5) is 0 Å². The summed E-state index contributed by atoms with van der Waals surface area (Å²) in [6, 6.07) is 7.68. The monoisotopic (exact) mass is 373 g/mol. The third kappa shape index (κ3) is 2.89. The molecule has 1 aliphatic carbocycles. The minimum Gasteiger partial charge on any atom is -0.469 e. The SMILES string of the molecule is COC(=O)C1(C2(O)CCN(CCCn3c(=O)[nH]c4ccccc43)C2)CCC1. The molecule has 1 unspecified atom stereocenters. The number of nitrogens with zero attached hydrogens (tertiary/aromatic N) is 2. The van der Waals surface area contributed by atoms with Crippen molar-refractivity contribution in [1.82, 2.24) is 14.5 Å². The summed E-state index contributed by atoms with van der Waals surface area (Å²) < 4.78 is 6.76. The van der Waals surface area contributed by atoms with Crippen LogP contribution in [0.15, 0.2) is 29.1 Å². The van der Waals surface area contributed by atoms with Gasteiger partial charge in [0.15, 0.2) is 0 Å². The number of benzene rings is 1. The van der Waals surface area contributed by atoms with Gasteiger partial charge in [0.05, 0.1) is 29.2 Å². The molecule has 2 heterocycles. The zero-order chi connectivity index (χ0) is 19.1. The molecule has 1 aromatic carbocycles. The van der Waals surface area contributed by atoms with Crippen LogP contribution in [0.25, 0.3) is 11.0 Å². The number of carbonyl (C=O) groups is 1. The number of aryl methyl sites for hydroxylation is 1. The number of β-amino-alcohol motifs (C(OH)–C–C–N with tert-alkyl or cyclic N) is 1. The van der Waals surface area contributed by atoms with Crippen LogP contribution in [0.1, 0.15) is 32.1 Å². The number of aromatic amines is 1. The van der Waals surface area contributed by atoms with E-state index in [1.807, 2.05) is 24.3 Å². The van der Waals surface area contributed by atoms with Crippen LogP contribution in [0.3, 0.4) is 0 Å². The topological polar surface area (TPSA) is 87.6 Å². The molecular formula is C20H27N3O4. The Labute approximate surface area is 157 Å². The van der Waals surface area contributed by atoms with Gasteiger partial charge in [-0.25, -0.2) is 4.79 Å². The predicted octanol–water partition coefficient (Wildman–Crippen LogP) is 1.50. The molecule has 4 rings (SSSR count). The first kappa shape index (κ1) is 18.3. The quantitative estimate of drug-likeness (QED) is 0.750. The molecule has 2 aliphatic rings. The molecule has 27 heavy (non-hydrogen) atoms. The Morgan fingerprint density at radius 3 is 2.74 bits per heavy atom. The van der Waals surface area contributed by atoms with Crippen molar-refractivity contribution in [3.63, 3.8) is 0 Å². The highest BCUT2D eigenvalue weighted by Gasteiger charge is 2.61. The van der Waals surface area contributed by atoms with Gasteiger partial charge >= 0.3 is 11.7 Å². The van der Waals surface area contributed by atoms with E-state index < -0.39 is 11.0 Å². The molecule has 1 aromatic heterocycles. The fourth-order valence-electron chi connectivity index (χ4n) is 4.82. The summed E-state index contributed by atoms with van der Waals surface area (Å²) in [6.45, 7) is 2.66. The van der Waals surface area contributed by atoms with Crippen LogP contribution < -0.4 is 5.69 Å². The van der Waals surface area contributed by atoms with Crippen molar-refractivity contribution in [2.24, 2.45) is 5.41 Å². The maximum absolute atomic E-state index is 12.3. The number of fused-ring (bicyclic) bond motifs is 1. The highest BCUT2D eigenvalue weighted by atomic mass is 16.5. The van der Waals surface area contributed by atoms with Crippen molar-refractivity contribution in [2.75, 3.05) is 26.7 Å². The van der Waals surface area contributed by atoms with E-state index in [9.17, 15) is 14.7 Å². The molecule has 0 bridgehead atoms. The second-order valence-corrected chi connectivity index (χ2v) is 7.94. The van der Waals surface area contributed by atoms with Crippen molar-refractivity contribution in [3.05, 3.63) is 34.7 Å². The minimum absolute atomic E-state index is 0.0896. The van der Waals surface area contributed by atoms with Gasteiger partial charge in [0.1, 0.15) is 0 Å². The highest BCUT2D eigenvalue weighted by Crippen LogP contribution is 2.53. The number of para-hydroxylation sites is 2. The van der Waals surface area contributed by atoms with Gasteiger partial charge in [-0.1, -0.05) is 18.6 Å². The van der Waals surface area contributed by atoms with E-state index in [0.29, 0.717) is 32.4 Å². The number of hydrogen-bond acceptors (Lipinski definition) is 5. The van der Waals surface area contributed by atoms with Gasteiger partial charge in [-0.15, -0.1) is 0 Å². The molecule has 1 atom stereocenters. The summed E-state index contributed by atoms with van der Waals surface area (Å²) in [5, 5.41) is 11.2. The molecule has 2 N–H and O–H groups in total. The smallest absolute Gasteiger partial charge is 0.326 e. The summed E-state index contributed by atoms with van der Waals surface area (Å²) in [5.74, 6) is -0.275. The van der Waals surface area contributed by atoms with Crippen LogP contribution in [0, 0.1) is 5.41 Å². The average molecular weight is 373 g/mol. The lowest BCUT2D eigenvalue weighted by Crippen LogP contribution is -2.59. The number of methoxy groups -OCH3 is 1. The molecule has 0 spiro atoms. The van der Waals surface area contributed by atoms with Crippen molar-refractivity contribution in [3.8, 4) is 0 Å². The number of nitrogens with one attached hydrogen (secondary N) is 1. The Bertz CT molecular complexity index is 898. The summed E-state index contributed by atoms with van der Waals surface area (Å²) in [5.41, 5.74) is -0.0592. The van der Waals surface area contributed by atoms with E-state index in [-0.39, 0.29) is 11.7 Å². The maximum atomic E-state index is 12.3. The second-order valence-electron chi connectivity index (χ2n) is 7.94. The molecule has 1 aliphatic heterocycles. The fourth-order valence-corrected chi connectivity index (χ4v) is 4.82. The number of imidazole rings is 1. The zero-order valence-corrected chi connectivity index (χ0v) is 15.7. The van der Waals surface area contributed by atoms with Crippen molar-refractivity contribution >= 4 is 17.0 Å². The summed E-state index contributed by atoms with van der Waals surface area (Å²) in [6.07, 6.45) is 3.77. The number of aliphatic hydroxyl groups is 1. The lowest BCUT2D eigenvalue weighted by molar-refractivity contribution is -0.185. The van der Waals surface area contributed by atoms with Gasteiger partial charge in [0.25, 0.3) is 0 Å². The van der Waals surface area contributed by atoms with E-state index in [4.69, 9.17) is 4.74 Å². The lowest BCUT2D eigenvalue weighted by Gasteiger charge is -2.49. The van der Waals surface area contributed by atoms with E-state index in [1.54, 1.807) is 4.57 Å². The van der Waals surface area contributed by atoms with Gasteiger partial charge in [0.2, 0.25) is 0 Å². The third-order valence-electron chi connectivity index (χ3n) is 6.54. The number of aromatic nitrogens is 2. The van der Waals surface area contributed by atoms with Crippen LogP contribution in [0.5, 0.6) is 0 Å². The average Bonchev–Trinajstić information content (AvgIpc) is 3.14. The Balaban J connectivity index is 1.38. The van der Waals surface area contributed by atoms with Gasteiger partial charge in [0, 0.05) is 19.6 Å². The van der Waals surface area contributed by atoms with Crippen LogP contribution in [0.2, 0.25) is 0 Å². The predicted molar refractivity (Wildman–Crippen MR) is 101 cm³/mol. The summed E-state index contributed by atoms with van der Waals surface area (Å²) in [7, 11) is 1.40. The molecular weight excluding hydrogens is 346 g/mol. The Morgan fingerprint density at radius 1 is 1.26 bits per heavy atom. The summed E-state index contributed by atoms with van der Waals surface area (Å²) in [4.78, 5) is 29.5. The van der Waals surface area contributed by atoms with Gasteiger partial charge in [-0.05, 0) is 44.4 Å². The number of rotatable bonds is 6. The van der Waals surface area contributed by atoms with Gasteiger partial charge in [-0.2, -0.15) is 0 Å². The number of likely N-dealkylation sites (tertiary alicyclic amines) is 1. The first-order chi connectivity index (χ1) is 13.0. The Morgan fingerprint density at radius 2 is 2.04 bits per heavy atom. The Hall–Kier alpha value is -2.12. The fraction of sp³-hybridized carbons (Fsp3) is 0.600. The molecule has 2 fully saturated rings. The molecule has 146 valence electrons.